The normalized spacial score (nSPS) is 27.3. The minimum atomic E-state index is -0.822. The summed E-state index contributed by atoms with van der Waals surface area (Å²) >= 11 is 0. The molecule has 2 unspecified atom stereocenters. The quantitative estimate of drug-likeness (QED) is 0.305. The molecule has 1 aromatic heterocycles. The zero-order valence-corrected chi connectivity index (χ0v) is 24.1. The third-order valence-corrected chi connectivity index (χ3v) is 10.2. The molecular formula is C34H37F2N5O. The van der Waals surface area contributed by atoms with Gasteiger partial charge in [-0.3, -0.25) is 4.90 Å². The summed E-state index contributed by atoms with van der Waals surface area (Å²) in [6.07, 6.45) is 4.77. The fourth-order valence-corrected chi connectivity index (χ4v) is 8.18. The molecule has 0 saturated carbocycles. The molecule has 4 aliphatic heterocycles. The van der Waals surface area contributed by atoms with E-state index in [1.165, 1.54) is 5.56 Å². The van der Waals surface area contributed by atoms with Crippen molar-refractivity contribution in [3.8, 4) is 17.1 Å². The van der Waals surface area contributed by atoms with Crippen molar-refractivity contribution in [1.82, 2.24) is 20.2 Å². The standard InChI is InChI=1S/C34H37F2N5O/c1-2-21-6-3-7-22-8-4-9-26(31(21)22)27-15-30-28(14-29(27)36)32(40-18-24-10-11-25(19-40)37-24)39-33(38-30)42-20-34-12-5-13-41(34)17-23(35)16-34/h3-4,6-9,14-15,23-25,37H,2,5,10-13,16-20H2,1H3/t23-,24?,25?,34+/m1/s1. The van der Waals surface area contributed by atoms with Gasteiger partial charge in [-0.1, -0.05) is 43.3 Å². The maximum atomic E-state index is 16.2. The van der Waals surface area contributed by atoms with Crippen LogP contribution in [0.3, 0.4) is 0 Å². The highest BCUT2D eigenvalue weighted by molar-refractivity contribution is 6.02. The number of piperazine rings is 1. The van der Waals surface area contributed by atoms with Crippen LogP contribution >= 0.6 is 0 Å². The number of fused-ring (bicyclic) bond motifs is 5. The minimum absolute atomic E-state index is 0.280. The Hall–Kier alpha value is -3.36. The van der Waals surface area contributed by atoms with E-state index in [-0.39, 0.29) is 17.4 Å². The molecule has 8 heteroatoms. The van der Waals surface area contributed by atoms with E-state index in [0.717, 1.165) is 73.9 Å². The lowest BCUT2D eigenvalue weighted by Crippen LogP contribution is -2.51. The summed E-state index contributed by atoms with van der Waals surface area (Å²) < 4.78 is 37.0. The Morgan fingerprint density at radius 1 is 1.02 bits per heavy atom. The lowest BCUT2D eigenvalue weighted by molar-refractivity contribution is 0.107. The van der Waals surface area contributed by atoms with E-state index in [4.69, 9.17) is 14.7 Å². The molecule has 5 heterocycles. The zero-order chi connectivity index (χ0) is 28.4. The number of aryl methyl sites for hydroxylation is 1. The van der Waals surface area contributed by atoms with E-state index >= 15 is 4.39 Å². The van der Waals surface area contributed by atoms with Gasteiger partial charge in [0.05, 0.1) is 11.1 Å². The van der Waals surface area contributed by atoms with E-state index in [0.29, 0.717) is 48.1 Å². The molecule has 4 fully saturated rings. The van der Waals surface area contributed by atoms with Crippen LogP contribution in [0.5, 0.6) is 6.01 Å². The van der Waals surface area contributed by atoms with Crippen molar-refractivity contribution >= 4 is 27.5 Å². The fourth-order valence-electron chi connectivity index (χ4n) is 8.18. The van der Waals surface area contributed by atoms with E-state index < -0.39 is 6.17 Å². The number of nitrogens with zero attached hydrogens (tertiary/aromatic N) is 4. The maximum absolute atomic E-state index is 16.2. The van der Waals surface area contributed by atoms with Gasteiger partial charge in [0.25, 0.3) is 0 Å². The molecule has 218 valence electrons. The van der Waals surface area contributed by atoms with Crippen molar-refractivity contribution in [2.45, 2.75) is 69.2 Å². The Morgan fingerprint density at radius 3 is 2.64 bits per heavy atom. The molecule has 4 saturated heterocycles. The summed E-state index contributed by atoms with van der Waals surface area (Å²) in [6, 6.07) is 16.9. The predicted molar refractivity (Wildman–Crippen MR) is 163 cm³/mol. The van der Waals surface area contributed by atoms with Gasteiger partial charge in [0, 0.05) is 49.1 Å². The monoisotopic (exact) mass is 569 g/mol. The Labute approximate surface area is 245 Å². The average molecular weight is 570 g/mol. The van der Waals surface area contributed by atoms with Crippen molar-refractivity contribution in [2.24, 2.45) is 0 Å². The lowest BCUT2D eigenvalue weighted by atomic mass is 9.93. The highest BCUT2D eigenvalue weighted by Gasteiger charge is 2.49. The first kappa shape index (κ1) is 26.3. The summed E-state index contributed by atoms with van der Waals surface area (Å²) in [5.74, 6) is 0.444. The molecule has 4 aliphatic rings. The molecule has 3 aromatic carbocycles. The van der Waals surface area contributed by atoms with Crippen molar-refractivity contribution in [3.05, 3.63) is 59.9 Å². The number of nitrogens with one attached hydrogen (secondary N) is 1. The molecule has 42 heavy (non-hydrogen) atoms. The Balaban J connectivity index is 1.24. The fraction of sp³-hybridized carbons (Fsp3) is 0.471. The number of hydrogen-bond acceptors (Lipinski definition) is 6. The van der Waals surface area contributed by atoms with Crippen molar-refractivity contribution in [1.29, 1.82) is 0 Å². The van der Waals surface area contributed by atoms with E-state index in [9.17, 15) is 4.39 Å². The zero-order valence-electron chi connectivity index (χ0n) is 24.1. The number of rotatable bonds is 6. The van der Waals surface area contributed by atoms with Crippen LogP contribution in [0.4, 0.5) is 14.6 Å². The molecule has 2 bridgehead atoms. The molecule has 1 N–H and O–H groups in total. The number of alkyl halides is 1. The highest BCUT2D eigenvalue weighted by atomic mass is 19.1. The van der Waals surface area contributed by atoms with Crippen molar-refractivity contribution < 1.29 is 13.5 Å². The second-order valence-corrected chi connectivity index (χ2v) is 12.8. The largest absolute Gasteiger partial charge is 0.461 e. The number of halogens is 2. The van der Waals surface area contributed by atoms with Gasteiger partial charge in [0.2, 0.25) is 0 Å². The molecule has 0 radical (unpaired) electrons. The Morgan fingerprint density at radius 2 is 1.83 bits per heavy atom. The molecule has 0 spiro atoms. The average Bonchev–Trinajstić information content (AvgIpc) is 3.65. The van der Waals surface area contributed by atoms with E-state index in [1.54, 1.807) is 6.07 Å². The van der Waals surface area contributed by atoms with Gasteiger partial charge in [0.15, 0.2) is 0 Å². The lowest BCUT2D eigenvalue weighted by Gasteiger charge is -2.34. The number of ether oxygens (including phenoxy) is 1. The first-order valence-electron chi connectivity index (χ1n) is 15.5. The SMILES string of the molecule is CCc1cccc2cccc(-c3cc4nc(OC[C@@]56CCCN5C[C@H](F)C6)nc(N5CC6CCC(C5)N6)c4cc3F)c12. The number of benzene rings is 3. The van der Waals surface area contributed by atoms with Crippen LogP contribution in [0.2, 0.25) is 0 Å². The van der Waals surface area contributed by atoms with Gasteiger partial charge >= 0.3 is 6.01 Å². The van der Waals surface area contributed by atoms with Crippen LogP contribution in [0.25, 0.3) is 32.8 Å². The molecule has 0 aliphatic carbocycles. The van der Waals surface area contributed by atoms with Gasteiger partial charge in [-0.25, -0.2) is 8.78 Å². The van der Waals surface area contributed by atoms with Crippen molar-refractivity contribution in [3.63, 3.8) is 0 Å². The molecule has 6 nitrogen and oxygen atoms in total. The van der Waals surface area contributed by atoms with Crippen LogP contribution in [0, 0.1) is 5.82 Å². The minimum Gasteiger partial charge on any atom is -0.461 e. The molecule has 4 atom stereocenters. The summed E-state index contributed by atoms with van der Waals surface area (Å²) in [5.41, 5.74) is 2.96. The van der Waals surface area contributed by atoms with Crippen LogP contribution in [-0.2, 0) is 6.42 Å². The summed E-state index contributed by atoms with van der Waals surface area (Å²) in [6.45, 7) is 5.51. The second-order valence-electron chi connectivity index (χ2n) is 12.8. The molecule has 0 amide bonds. The van der Waals surface area contributed by atoms with E-state index in [1.807, 2.05) is 18.2 Å². The third-order valence-electron chi connectivity index (χ3n) is 10.2. The van der Waals surface area contributed by atoms with Crippen LogP contribution < -0.4 is 15.0 Å². The van der Waals surface area contributed by atoms with Crippen LogP contribution in [0.1, 0.15) is 44.6 Å². The number of hydrogen-bond donors (Lipinski definition) is 1. The van der Waals surface area contributed by atoms with Crippen LogP contribution in [-0.4, -0.2) is 71.4 Å². The number of anilines is 1. The Bertz CT molecular complexity index is 1660. The Kier molecular flexibility index (Phi) is 6.34. The molecule has 4 aromatic rings. The van der Waals surface area contributed by atoms with Gasteiger partial charge in [0.1, 0.15) is 24.4 Å². The van der Waals surface area contributed by atoms with Gasteiger partial charge in [-0.05, 0) is 72.7 Å². The van der Waals surface area contributed by atoms with Crippen molar-refractivity contribution in [2.75, 3.05) is 37.7 Å². The number of aromatic nitrogens is 2. The topological polar surface area (TPSA) is 53.5 Å². The molecule has 8 rings (SSSR count). The van der Waals surface area contributed by atoms with E-state index in [2.05, 4.69) is 46.3 Å². The summed E-state index contributed by atoms with van der Waals surface area (Å²) in [7, 11) is 0. The first-order chi connectivity index (χ1) is 20.5. The predicted octanol–water partition coefficient (Wildman–Crippen LogP) is 6.05. The highest BCUT2D eigenvalue weighted by Crippen LogP contribution is 2.41. The van der Waals surface area contributed by atoms with Gasteiger partial charge in [-0.15, -0.1) is 0 Å². The summed E-state index contributed by atoms with van der Waals surface area (Å²) in [4.78, 5) is 14.3. The first-order valence-corrected chi connectivity index (χ1v) is 15.5. The van der Waals surface area contributed by atoms with Gasteiger partial charge in [-0.2, -0.15) is 9.97 Å². The summed E-state index contributed by atoms with van der Waals surface area (Å²) in [5, 5.41) is 6.55. The van der Waals surface area contributed by atoms with Crippen LogP contribution in [0.15, 0.2) is 48.5 Å². The second kappa shape index (κ2) is 10.1. The van der Waals surface area contributed by atoms with Gasteiger partial charge < -0.3 is 15.0 Å². The smallest absolute Gasteiger partial charge is 0.319 e. The maximum Gasteiger partial charge on any atom is 0.319 e. The third kappa shape index (κ3) is 4.33. The molecular weight excluding hydrogens is 532 g/mol.